The molecule has 0 aliphatic rings. The normalized spacial score (nSPS) is 12.2. The fourth-order valence-corrected chi connectivity index (χ4v) is 5.53. The third kappa shape index (κ3) is 5.09. The Morgan fingerprint density at radius 2 is 0.895 bits per heavy atom. The van der Waals surface area contributed by atoms with E-state index in [2.05, 4.69) is 9.97 Å². The second-order valence-corrected chi connectivity index (χ2v) is 10.2. The van der Waals surface area contributed by atoms with Crippen molar-refractivity contribution >= 4 is 22.7 Å². The second kappa shape index (κ2) is 9.44. The number of aromatic nitrogens is 2. The van der Waals surface area contributed by atoms with E-state index in [4.69, 9.17) is 0 Å². The quantitative estimate of drug-likeness (QED) is 0.169. The summed E-state index contributed by atoms with van der Waals surface area (Å²) in [5, 5.41) is 22.2. The Bertz CT molecular complexity index is 1480. The van der Waals surface area contributed by atoms with E-state index in [9.17, 15) is 36.6 Å². The molecule has 0 unspecified atom stereocenters. The summed E-state index contributed by atoms with van der Waals surface area (Å²) < 4.78 is 76.9. The molecule has 38 heavy (non-hydrogen) atoms. The standard InChI is InChI=1S/C26H14F6N2O2S2/c27-25(28,29)15-5-1-13(2-6-15)23-33-11-21(37-23)17-9-20(36)18(10-19(17)35)22-12-34-24(38-22)14-3-7-16(8-4-14)26(30,31)32/h1-12,35-36H. The number of aromatic hydroxyl groups is 2. The lowest BCUT2D eigenvalue weighted by molar-refractivity contribution is -0.138. The first kappa shape index (κ1) is 25.7. The van der Waals surface area contributed by atoms with E-state index in [-0.39, 0.29) is 22.6 Å². The third-order valence-electron chi connectivity index (χ3n) is 5.57. The molecular formula is C26H14F6N2O2S2. The van der Waals surface area contributed by atoms with E-state index in [1.54, 1.807) is 0 Å². The van der Waals surface area contributed by atoms with Crippen molar-refractivity contribution in [3.8, 4) is 53.5 Å². The number of phenols is 2. The molecule has 0 aliphatic heterocycles. The van der Waals surface area contributed by atoms with Gasteiger partial charge in [0.15, 0.2) is 0 Å². The molecule has 12 heteroatoms. The highest BCUT2D eigenvalue weighted by atomic mass is 32.1. The molecule has 0 fully saturated rings. The predicted molar refractivity (Wildman–Crippen MR) is 133 cm³/mol. The Labute approximate surface area is 219 Å². The molecule has 0 atom stereocenters. The molecule has 0 radical (unpaired) electrons. The minimum atomic E-state index is -4.45. The SMILES string of the molecule is Oc1cc(-c2cnc(-c3ccc(C(F)(F)F)cc3)s2)c(O)cc1-c1cnc(-c2ccc(C(F)(F)F)cc2)s1. The largest absolute Gasteiger partial charge is 0.507 e. The number of hydrogen-bond acceptors (Lipinski definition) is 6. The lowest BCUT2D eigenvalue weighted by atomic mass is 10.1. The van der Waals surface area contributed by atoms with E-state index >= 15 is 0 Å². The highest BCUT2D eigenvalue weighted by Gasteiger charge is 2.31. The Balaban J connectivity index is 1.40. The Morgan fingerprint density at radius 1 is 0.553 bits per heavy atom. The van der Waals surface area contributed by atoms with E-state index in [0.29, 0.717) is 30.9 Å². The number of nitrogens with zero attached hydrogens (tertiary/aromatic N) is 2. The third-order valence-corrected chi connectivity index (χ3v) is 7.73. The molecular weight excluding hydrogens is 550 g/mol. The summed E-state index contributed by atoms with van der Waals surface area (Å²) in [6.07, 6.45) is -6.01. The fraction of sp³-hybridized carbons (Fsp3) is 0.0769. The molecule has 3 aromatic carbocycles. The number of benzene rings is 3. The van der Waals surface area contributed by atoms with Crippen LogP contribution in [0.2, 0.25) is 0 Å². The van der Waals surface area contributed by atoms with E-state index < -0.39 is 23.5 Å². The van der Waals surface area contributed by atoms with Gasteiger partial charge in [0.25, 0.3) is 0 Å². The van der Waals surface area contributed by atoms with Gasteiger partial charge in [0.05, 0.1) is 20.9 Å². The molecule has 4 nitrogen and oxygen atoms in total. The van der Waals surface area contributed by atoms with Crippen LogP contribution in [0.5, 0.6) is 11.5 Å². The summed E-state index contributed by atoms with van der Waals surface area (Å²) in [5.41, 5.74) is -0.0738. The summed E-state index contributed by atoms with van der Waals surface area (Å²) in [6, 6.07) is 11.8. The maximum atomic E-state index is 12.8. The zero-order valence-electron chi connectivity index (χ0n) is 18.8. The minimum absolute atomic E-state index is 0.176. The molecule has 2 heterocycles. The van der Waals surface area contributed by atoms with Crippen LogP contribution in [-0.2, 0) is 12.4 Å². The summed E-state index contributed by atoms with van der Waals surface area (Å²) in [6.45, 7) is 0. The molecule has 2 N–H and O–H groups in total. The maximum Gasteiger partial charge on any atom is 0.416 e. The smallest absolute Gasteiger partial charge is 0.416 e. The van der Waals surface area contributed by atoms with Crippen molar-refractivity contribution in [2.24, 2.45) is 0 Å². The predicted octanol–water partition coefficient (Wildman–Crippen LogP) is 8.72. The number of thiazole rings is 2. The van der Waals surface area contributed by atoms with Gasteiger partial charge in [-0.2, -0.15) is 26.3 Å². The molecule has 0 saturated heterocycles. The van der Waals surface area contributed by atoms with Crippen molar-refractivity contribution in [2.45, 2.75) is 12.4 Å². The van der Waals surface area contributed by atoms with Crippen molar-refractivity contribution < 1.29 is 36.6 Å². The number of hydrogen-bond donors (Lipinski definition) is 2. The molecule has 0 saturated carbocycles. The monoisotopic (exact) mass is 564 g/mol. The van der Waals surface area contributed by atoms with Gasteiger partial charge >= 0.3 is 12.4 Å². The minimum Gasteiger partial charge on any atom is -0.507 e. The number of rotatable bonds is 4. The summed E-state index contributed by atoms with van der Waals surface area (Å²) in [7, 11) is 0. The highest BCUT2D eigenvalue weighted by Crippen LogP contribution is 2.45. The summed E-state index contributed by atoms with van der Waals surface area (Å²) in [5.74, 6) is -0.352. The van der Waals surface area contributed by atoms with Gasteiger partial charge < -0.3 is 10.2 Å². The number of halogens is 6. The van der Waals surface area contributed by atoms with Gasteiger partial charge in [-0.25, -0.2) is 9.97 Å². The van der Waals surface area contributed by atoms with E-state index in [1.807, 2.05) is 0 Å². The molecule has 0 spiro atoms. The molecule has 5 aromatic rings. The van der Waals surface area contributed by atoms with E-state index in [0.717, 1.165) is 46.9 Å². The van der Waals surface area contributed by atoms with Gasteiger partial charge in [0.2, 0.25) is 0 Å². The zero-order valence-corrected chi connectivity index (χ0v) is 20.4. The van der Waals surface area contributed by atoms with Crippen LogP contribution < -0.4 is 0 Å². The average molecular weight is 565 g/mol. The van der Waals surface area contributed by atoms with Gasteiger partial charge in [-0.1, -0.05) is 24.3 Å². The van der Waals surface area contributed by atoms with Gasteiger partial charge in [0.1, 0.15) is 21.5 Å². The summed E-state index contributed by atoms with van der Waals surface area (Å²) >= 11 is 2.26. The maximum absolute atomic E-state index is 12.8. The first-order valence-electron chi connectivity index (χ1n) is 10.7. The molecule has 0 bridgehead atoms. The van der Waals surface area contributed by atoms with Crippen LogP contribution in [0, 0.1) is 0 Å². The van der Waals surface area contributed by atoms with Crippen LogP contribution in [-0.4, -0.2) is 20.2 Å². The Hall–Kier alpha value is -3.90. The first-order valence-corrected chi connectivity index (χ1v) is 12.4. The lowest BCUT2D eigenvalue weighted by Crippen LogP contribution is -2.03. The molecule has 0 amide bonds. The van der Waals surface area contributed by atoms with Crippen LogP contribution in [0.25, 0.3) is 42.0 Å². The van der Waals surface area contributed by atoms with Crippen molar-refractivity contribution in [2.75, 3.05) is 0 Å². The van der Waals surface area contributed by atoms with Crippen molar-refractivity contribution in [3.05, 3.63) is 84.2 Å². The number of phenolic OH excluding ortho intramolecular Hbond substituents is 2. The van der Waals surface area contributed by atoms with Crippen LogP contribution in [0.1, 0.15) is 11.1 Å². The second-order valence-electron chi connectivity index (χ2n) is 8.10. The highest BCUT2D eigenvalue weighted by molar-refractivity contribution is 7.18. The molecule has 5 rings (SSSR count). The number of alkyl halides is 6. The van der Waals surface area contributed by atoms with E-state index in [1.165, 1.54) is 48.8 Å². The van der Waals surface area contributed by atoms with Gasteiger partial charge in [-0.05, 0) is 36.4 Å². The van der Waals surface area contributed by atoms with Crippen LogP contribution >= 0.6 is 22.7 Å². The lowest BCUT2D eigenvalue weighted by Gasteiger charge is -2.08. The van der Waals surface area contributed by atoms with Gasteiger partial charge in [-0.15, -0.1) is 22.7 Å². The Morgan fingerprint density at radius 3 is 1.21 bits per heavy atom. The van der Waals surface area contributed by atoms with Crippen molar-refractivity contribution in [1.82, 2.24) is 9.97 Å². The molecule has 0 aliphatic carbocycles. The molecule has 2 aromatic heterocycles. The first-order chi connectivity index (χ1) is 17.9. The topological polar surface area (TPSA) is 66.2 Å². The van der Waals surface area contributed by atoms with Crippen LogP contribution in [0.4, 0.5) is 26.3 Å². The van der Waals surface area contributed by atoms with Gasteiger partial charge in [0, 0.05) is 34.6 Å². The summed E-state index contributed by atoms with van der Waals surface area (Å²) in [4.78, 5) is 9.42. The molecule has 194 valence electrons. The van der Waals surface area contributed by atoms with Gasteiger partial charge in [-0.3, -0.25) is 0 Å². The van der Waals surface area contributed by atoms with Crippen LogP contribution in [0.15, 0.2) is 73.1 Å². The zero-order chi connectivity index (χ0) is 27.2. The fourth-order valence-electron chi connectivity index (χ4n) is 3.64. The van der Waals surface area contributed by atoms with Crippen molar-refractivity contribution in [1.29, 1.82) is 0 Å². The average Bonchev–Trinajstić information content (AvgIpc) is 3.55. The Kier molecular flexibility index (Phi) is 6.40. The van der Waals surface area contributed by atoms with Crippen LogP contribution in [0.3, 0.4) is 0 Å². The van der Waals surface area contributed by atoms with Crippen molar-refractivity contribution in [3.63, 3.8) is 0 Å².